The molecule has 0 radical (unpaired) electrons. The molecule has 198 valence electrons. The molecular formula is C20H41NO12. The van der Waals surface area contributed by atoms with E-state index in [1.807, 2.05) is 0 Å². The van der Waals surface area contributed by atoms with Crippen LogP contribution in [0.15, 0.2) is 0 Å². The van der Waals surface area contributed by atoms with Crippen LogP contribution in [-0.4, -0.2) is 125 Å². The lowest BCUT2D eigenvalue weighted by atomic mass is 9.92. The number of hydrogen-bond acceptors (Lipinski definition) is 12. The molecule has 0 spiro atoms. The molecule has 0 aromatic rings. The van der Waals surface area contributed by atoms with Crippen molar-refractivity contribution >= 4 is 5.97 Å². The molecule has 9 N–H and O–H groups in total. The van der Waals surface area contributed by atoms with Crippen LogP contribution in [0.3, 0.4) is 0 Å². The van der Waals surface area contributed by atoms with E-state index in [1.165, 1.54) is 21.0 Å². The number of aliphatic carboxylic acids is 1. The lowest BCUT2D eigenvalue weighted by molar-refractivity contribution is -0.300. The molecule has 0 fully saturated rings. The summed E-state index contributed by atoms with van der Waals surface area (Å²) in [6.45, 7) is 2.65. The maximum Gasteiger partial charge on any atom is 0.303 e. The quantitative estimate of drug-likeness (QED) is 0.0865. The second kappa shape index (κ2) is 16.6. The first-order chi connectivity index (χ1) is 15.5. The number of rotatable bonds is 19. The van der Waals surface area contributed by atoms with Gasteiger partial charge in [-0.3, -0.25) is 4.79 Å². The highest BCUT2D eigenvalue weighted by Crippen LogP contribution is 2.23. The summed E-state index contributed by atoms with van der Waals surface area (Å²) in [4.78, 5) is 10.7. The molecule has 0 aliphatic heterocycles. The molecule has 0 aromatic carbocycles. The number of hydrogen-bond donors (Lipinski definition) is 8. The maximum atomic E-state index is 10.7. The molecule has 0 heterocycles. The van der Waals surface area contributed by atoms with Crippen LogP contribution in [0.5, 0.6) is 0 Å². The highest BCUT2D eigenvalue weighted by molar-refractivity contribution is 5.66. The molecule has 0 aliphatic rings. The summed E-state index contributed by atoms with van der Waals surface area (Å²) in [6.07, 6.45) is -12.9. The fraction of sp³-hybridized carbons (Fsp3) is 0.950. The second-order valence-corrected chi connectivity index (χ2v) is 7.99. The van der Waals surface area contributed by atoms with E-state index in [2.05, 4.69) is 0 Å². The molecule has 0 aliphatic carbocycles. The van der Waals surface area contributed by atoms with Crippen molar-refractivity contribution in [2.45, 2.75) is 75.9 Å². The van der Waals surface area contributed by atoms with Crippen LogP contribution in [0.25, 0.3) is 0 Å². The zero-order valence-electron chi connectivity index (χ0n) is 19.6. The Balaban J connectivity index is 5.61. The van der Waals surface area contributed by atoms with Crippen molar-refractivity contribution in [3.63, 3.8) is 0 Å². The Morgan fingerprint density at radius 1 is 0.848 bits per heavy atom. The van der Waals surface area contributed by atoms with Gasteiger partial charge in [0.25, 0.3) is 0 Å². The summed E-state index contributed by atoms with van der Waals surface area (Å²) in [5.74, 6) is -2.51. The van der Waals surface area contributed by atoms with Gasteiger partial charge in [0.2, 0.25) is 0 Å². The van der Waals surface area contributed by atoms with E-state index in [0.29, 0.717) is 0 Å². The van der Waals surface area contributed by atoms with Crippen LogP contribution in [0.1, 0.15) is 26.7 Å². The topological polar surface area (TPSA) is 222 Å². The normalized spacial score (nSPS) is 21.3. The van der Waals surface area contributed by atoms with Gasteiger partial charge in [0.15, 0.2) is 12.6 Å². The number of carboxylic acid groups (broad SMARTS) is 1. The first-order valence-electron chi connectivity index (χ1n) is 10.7. The number of carboxylic acids is 1. The molecule has 0 amide bonds. The van der Waals surface area contributed by atoms with Crippen LogP contribution >= 0.6 is 0 Å². The van der Waals surface area contributed by atoms with Crippen LogP contribution < -0.4 is 5.73 Å². The fourth-order valence-corrected chi connectivity index (χ4v) is 3.08. The molecule has 0 saturated carbocycles. The average Bonchev–Trinajstić information content (AvgIpc) is 2.81. The van der Waals surface area contributed by atoms with Gasteiger partial charge in [-0.1, -0.05) is 13.8 Å². The van der Waals surface area contributed by atoms with E-state index in [0.717, 1.165) is 7.11 Å². The van der Waals surface area contributed by atoms with Gasteiger partial charge >= 0.3 is 5.97 Å². The molecule has 10 atom stereocenters. The highest BCUT2D eigenvalue weighted by atomic mass is 16.7. The number of nitrogens with two attached hydrogens (primary N) is 1. The van der Waals surface area contributed by atoms with Crippen molar-refractivity contribution in [3.05, 3.63) is 0 Å². The molecule has 0 saturated heterocycles. The first-order valence-corrected chi connectivity index (χ1v) is 10.7. The van der Waals surface area contributed by atoms with E-state index in [-0.39, 0.29) is 26.0 Å². The van der Waals surface area contributed by atoms with E-state index in [1.54, 1.807) is 0 Å². The van der Waals surface area contributed by atoms with E-state index >= 15 is 0 Å². The number of aliphatic hydroxyl groups is 6. The Morgan fingerprint density at radius 2 is 1.39 bits per heavy atom. The van der Waals surface area contributed by atoms with Crippen molar-refractivity contribution in [2.75, 3.05) is 34.0 Å². The molecule has 10 unspecified atom stereocenters. The van der Waals surface area contributed by atoms with Gasteiger partial charge in [0.05, 0.1) is 18.8 Å². The third-order valence-electron chi connectivity index (χ3n) is 5.36. The lowest BCUT2D eigenvalue weighted by Gasteiger charge is -2.38. The second-order valence-electron chi connectivity index (χ2n) is 7.99. The van der Waals surface area contributed by atoms with Crippen molar-refractivity contribution < 1.29 is 59.5 Å². The Labute approximate surface area is 193 Å². The van der Waals surface area contributed by atoms with Crippen molar-refractivity contribution in [2.24, 2.45) is 17.6 Å². The first kappa shape index (κ1) is 32.0. The minimum Gasteiger partial charge on any atom is -0.481 e. The predicted molar refractivity (Wildman–Crippen MR) is 114 cm³/mol. The number of methoxy groups -OCH3 is 2. The smallest absolute Gasteiger partial charge is 0.303 e. The van der Waals surface area contributed by atoms with Gasteiger partial charge in [-0.05, 0) is 12.3 Å². The van der Waals surface area contributed by atoms with Gasteiger partial charge in [-0.25, -0.2) is 0 Å². The third kappa shape index (κ3) is 10.4. The molecule has 13 nitrogen and oxygen atoms in total. The number of ether oxygens (including phenoxy) is 4. The largest absolute Gasteiger partial charge is 0.481 e. The predicted octanol–water partition coefficient (Wildman–Crippen LogP) is -2.77. The van der Waals surface area contributed by atoms with Gasteiger partial charge in [-0.2, -0.15) is 0 Å². The summed E-state index contributed by atoms with van der Waals surface area (Å²) in [6, 6.07) is 0. The lowest BCUT2D eigenvalue weighted by Crippen LogP contribution is -2.55. The van der Waals surface area contributed by atoms with Gasteiger partial charge in [0.1, 0.15) is 24.4 Å². The highest BCUT2D eigenvalue weighted by Gasteiger charge is 2.42. The zero-order valence-corrected chi connectivity index (χ0v) is 19.6. The Hall–Kier alpha value is -0.970. The summed E-state index contributed by atoms with van der Waals surface area (Å²) >= 11 is 0. The minimum atomic E-state index is -1.84. The SMILES string of the molecule is COC(OC(C(OC)OCCN)C(O)C(O)C(C)CO)C(O)C(O)C(O)C(C)CCC(=O)O. The zero-order chi connectivity index (χ0) is 25.7. The standard InChI is InChI=1S/C20H41NO12/c1-10(5-6-12(23)24)13(25)15(27)17(29)19(30-3)33-18(20(31-4)32-8-7-21)16(28)14(26)11(2)9-22/h10-11,13-20,22,25-29H,5-9,21H2,1-4H3,(H,23,24). The van der Waals surface area contributed by atoms with E-state index < -0.39 is 73.6 Å². The van der Waals surface area contributed by atoms with Gasteiger partial charge in [0, 0.05) is 39.7 Å². The van der Waals surface area contributed by atoms with E-state index in [4.69, 9.17) is 29.8 Å². The monoisotopic (exact) mass is 487 g/mol. The van der Waals surface area contributed by atoms with Crippen LogP contribution in [0.2, 0.25) is 0 Å². The van der Waals surface area contributed by atoms with Crippen molar-refractivity contribution in [1.82, 2.24) is 0 Å². The number of carbonyl (C=O) groups is 1. The summed E-state index contributed by atoms with van der Waals surface area (Å²) in [5, 5.41) is 70.4. The van der Waals surface area contributed by atoms with Crippen LogP contribution in [0.4, 0.5) is 0 Å². The van der Waals surface area contributed by atoms with Crippen molar-refractivity contribution in [1.29, 1.82) is 0 Å². The number of aliphatic hydroxyl groups excluding tert-OH is 6. The summed E-state index contributed by atoms with van der Waals surface area (Å²) in [5.41, 5.74) is 5.43. The summed E-state index contributed by atoms with van der Waals surface area (Å²) < 4.78 is 21.3. The summed E-state index contributed by atoms with van der Waals surface area (Å²) in [7, 11) is 2.38. The molecule has 0 bridgehead atoms. The molecule has 0 aromatic heterocycles. The Morgan fingerprint density at radius 3 is 1.85 bits per heavy atom. The van der Waals surface area contributed by atoms with E-state index in [9.17, 15) is 35.4 Å². The Bertz CT molecular complexity index is 527. The molecule has 33 heavy (non-hydrogen) atoms. The third-order valence-corrected chi connectivity index (χ3v) is 5.36. The molecular weight excluding hydrogens is 446 g/mol. The van der Waals surface area contributed by atoms with Crippen LogP contribution in [0, 0.1) is 11.8 Å². The minimum absolute atomic E-state index is 0.000626. The molecule has 13 heteroatoms. The Kier molecular flexibility index (Phi) is 16.1. The average molecular weight is 488 g/mol. The van der Waals surface area contributed by atoms with Gasteiger partial charge < -0.3 is 60.4 Å². The van der Waals surface area contributed by atoms with Crippen LogP contribution in [-0.2, 0) is 23.7 Å². The van der Waals surface area contributed by atoms with Gasteiger partial charge in [-0.15, -0.1) is 0 Å². The maximum absolute atomic E-state index is 10.7. The molecule has 0 rings (SSSR count). The fourth-order valence-electron chi connectivity index (χ4n) is 3.08. The van der Waals surface area contributed by atoms with Crippen molar-refractivity contribution in [3.8, 4) is 0 Å².